The van der Waals surface area contributed by atoms with Crippen molar-refractivity contribution in [3.05, 3.63) is 78.2 Å². The predicted octanol–water partition coefficient (Wildman–Crippen LogP) is -0.905. The van der Waals surface area contributed by atoms with E-state index in [1.165, 1.54) is 12.7 Å². The van der Waals surface area contributed by atoms with E-state index in [-0.39, 0.29) is 44.8 Å². The summed E-state index contributed by atoms with van der Waals surface area (Å²) in [6, 6.07) is 3.95. The second-order valence-electron chi connectivity index (χ2n) is 5.47. The fourth-order valence-electron chi connectivity index (χ4n) is 2.23. The zero-order valence-corrected chi connectivity index (χ0v) is 19.8. The van der Waals surface area contributed by atoms with Crippen LogP contribution in [0.1, 0.15) is 22.8 Å². The van der Waals surface area contributed by atoms with Gasteiger partial charge in [-0.25, -0.2) is 9.03 Å². The zero-order chi connectivity index (χ0) is 22.8. The number of hydrogen-bond acceptors (Lipinski definition) is 10. The Labute approximate surface area is 211 Å². The van der Waals surface area contributed by atoms with Crippen LogP contribution in [0.2, 0.25) is 0 Å². The van der Waals surface area contributed by atoms with Crippen molar-refractivity contribution in [2.75, 3.05) is 0 Å². The first-order chi connectivity index (χ1) is 14.0. The van der Waals surface area contributed by atoms with Crippen molar-refractivity contribution in [2.45, 2.75) is 27.7 Å². The number of rotatable bonds is 0. The molecule has 0 unspecified atom stereocenters. The normalized spacial score (nSPS) is 8.88. The van der Waals surface area contributed by atoms with E-state index in [1.54, 1.807) is 9.03 Å². The van der Waals surface area contributed by atoms with E-state index in [0.717, 1.165) is 22.8 Å². The second-order valence-corrected chi connectivity index (χ2v) is 5.47. The van der Waals surface area contributed by atoms with Crippen LogP contribution in [0.5, 0.6) is 0 Å². The van der Waals surface area contributed by atoms with Gasteiger partial charge in [-0.05, 0) is 27.7 Å². The first kappa shape index (κ1) is 31.2. The maximum Gasteiger partial charge on any atom is 1.00 e. The number of fused-ring (bicyclic) bond motifs is 2. The molecule has 0 aliphatic rings. The van der Waals surface area contributed by atoms with E-state index >= 15 is 0 Å². The van der Waals surface area contributed by atoms with E-state index in [1.807, 2.05) is 39.8 Å². The molecule has 180 valence electrons. The van der Waals surface area contributed by atoms with Crippen molar-refractivity contribution < 1.29 is 64.0 Å². The third-order valence-electron chi connectivity index (χ3n) is 3.12. The molecule has 4 aromatic rings. The molecule has 0 aromatic carbocycles. The Morgan fingerprint density at radius 1 is 0.719 bits per heavy atom. The Morgan fingerprint density at radius 2 is 1.00 bits per heavy atom. The third-order valence-corrected chi connectivity index (χ3v) is 3.12. The van der Waals surface area contributed by atoms with Gasteiger partial charge in [-0.3, -0.25) is 0 Å². The number of nitrogens with zero attached hydrogens (tertiary/aromatic N) is 10. The smallest absolute Gasteiger partial charge is 0.380 e. The fraction of sp³-hybridized carbons (Fsp3) is 0.286. The van der Waals surface area contributed by atoms with Gasteiger partial charge in [0.05, 0.1) is 21.6 Å². The van der Waals surface area contributed by atoms with Crippen LogP contribution in [0.4, 0.5) is 0 Å². The van der Waals surface area contributed by atoms with Crippen molar-refractivity contribution in [1.82, 2.24) is 30.1 Å². The minimum Gasteiger partial charge on any atom is -0.380 e. The van der Waals surface area contributed by atoms with Gasteiger partial charge in [0.2, 0.25) is 0 Å². The summed E-state index contributed by atoms with van der Waals surface area (Å²) in [6.07, 6.45) is 3.02. The average Bonchev–Trinajstić information content (AvgIpc) is 3.23. The predicted molar refractivity (Wildman–Crippen MR) is 96.7 cm³/mol. The molecular formula is C14H16Ag2N10O6. The van der Waals surface area contributed by atoms with E-state index in [9.17, 15) is 0 Å². The van der Waals surface area contributed by atoms with Crippen LogP contribution in [-0.2, 0) is 44.8 Å². The summed E-state index contributed by atoms with van der Waals surface area (Å²) in [5.41, 5.74) is 4.07. The van der Waals surface area contributed by atoms with E-state index in [0.29, 0.717) is 11.6 Å². The van der Waals surface area contributed by atoms with Crippen LogP contribution < -0.4 is 19.2 Å². The Balaban J connectivity index is 0. The molecule has 4 rings (SSSR count). The van der Waals surface area contributed by atoms with Crippen molar-refractivity contribution in [2.24, 2.45) is 0 Å². The zero-order valence-electron chi connectivity index (χ0n) is 16.8. The van der Waals surface area contributed by atoms with Gasteiger partial charge in [-0.1, -0.05) is 12.7 Å². The Kier molecular flexibility index (Phi) is 14.5. The molecular weight excluding hydrogens is 620 g/mol. The van der Waals surface area contributed by atoms with Crippen molar-refractivity contribution in [3.63, 3.8) is 0 Å². The molecule has 0 saturated heterocycles. The first-order valence-corrected chi connectivity index (χ1v) is 7.92. The van der Waals surface area contributed by atoms with Gasteiger partial charge in [0.1, 0.15) is 11.4 Å². The van der Waals surface area contributed by atoms with Gasteiger partial charge < -0.3 is 50.8 Å². The molecule has 18 heteroatoms. The van der Waals surface area contributed by atoms with Gasteiger partial charge in [0.25, 0.3) is 11.6 Å². The Hall–Kier alpha value is -3.02. The van der Waals surface area contributed by atoms with Crippen molar-refractivity contribution in [1.29, 1.82) is 0 Å². The molecule has 0 N–H and O–H groups in total. The molecule has 16 nitrogen and oxygen atoms in total. The second kappa shape index (κ2) is 14.9. The van der Waals surface area contributed by atoms with Gasteiger partial charge in [-0.2, -0.15) is 0 Å². The number of hydrogen-bond donors (Lipinski definition) is 0. The molecule has 4 heterocycles. The molecule has 32 heavy (non-hydrogen) atoms. The maximum absolute atomic E-state index is 8.25. The van der Waals surface area contributed by atoms with E-state index in [2.05, 4.69) is 30.1 Å². The van der Waals surface area contributed by atoms with Crippen LogP contribution in [0.15, 0.2) is 24.8 Å². The molecule has 0 saturated carbocycles. The summed E-state index contributed by atoms with van der Waals surface area (Å²) in [6.45, 7) is 7.86. The number of aryl methyl sites for hydroxylation is 4. The van der Waals surface area contributed by atoms with Gasteiger partial charge >= 0.3 is 44.8 Å². The largest absolute Gasteiger partial charge is 1.00 e. The quantitative estimate of drug-likeness (QED) is 0.0992. The monoisotopic (exact) mass is 634 g/mol. The Bertz CT molecular complexity index is 1050. The Morgan fingerprint density at radius 3 is 1.28 bits per heavy atom. The van der Waals surface area contributed by atoms with E-state index < -0.39 is 10.2 Å². The third kappa shape index (κ3) is 10.8. The molecule has 0 spiro atoms. The van der Waals surface area contributed by atoms with Crippen LogP contribution in [0, 0.1) is 58.3 Å². The first-order valence-electron chi connectivity index (χ1n) is 7.92. The summed E-state index contributed by atoms with van der Waals surface area (Å²) in [5, 5.41) is 37.5. The van der Waals surface area contributed by atoms with Gasteiger partial charge in [0, 0.05) is 12.1 Å². The van der Waals surface area contributed by atoms with E-state index in [4.69, 9.17) is 30.6 Å². The molecule has 0 aliphatic carbocycles. The molecule has 0 atom stereocenters. The summed E-state index contributed by atoms with van der Waals surface area (Å²) in [5.74, 6) is 1.34. The fourth-order valence-corrected chi connectivity index (χ4v) is 2.23. The molecule has 0 aliphatic heterocycles. The topological polar surface area (TPSA) is 220 Å². The van der Waals surface area contributed by atoms with Crippen LogP contribution in [0.25, 0.3) is 11.6 Å². The SMILES string of the molecule is Cc1cc(C)[n+]2[n-]cnc2n1.Cc1cc(C)[n+]2[n-]cnc2n1.O=[N+]([O-])[O-].O=[N+]([O-])[O-].[Ag+].[Ag+]. The standard InChI is InChI=1S/2C7H8N4.2Ag.2NO3/c2*1-5-3-6(2)11-7(10-5)8-4-9-11;;;2*2-1(3)4/h2*3-4H,1-2H3;;;;/q;;2*+1;2*-1. The molecule has 0 bridgehead atoms. The number of aromatic nitrogens is 8. The maximum atomic E-state index is 8.25. The van der Waals surface area contributed by atoms with Crippen LogP contribution in [-0.4, -0.2) is 30.1 Å². The summed E-state index contributed by atoms with van der Waals surface area (Å²) in [4.78, 5) is 32.8. The van der Waals surface area contributed by atoms with Gasteiger partial charge in [0.15, 0.2) is 0 Å². The summed E-state index contributed by atoms with van der Waals surface area (Å²) < 4.78 is 3.43. The molecule has 0 amide bonds. The van der Waals surface area contributed by atoms with Crippen molar-refractivity contribution >= 4 is 11.6 Å². The van der Waals surface area contributed by atoms with Crippen LogP contribution >= 0.6 is 0 Å². The minimum atomic E-state index is -1.75. The van der Waals surface area contributed by atoms with Crippen molar-refractivity contribution in [3.8, 4) is 0 Å². The summed E-state index contributed by atoms with van der Waals surface area (Å²) in [7, 11) is 0. The molecule has 4 aromatic heterocycles. The summed E-state index contributed by atoms with van der Waals surface area (Å²) >= 11 is 0. The van der Waals surface area contributed by atoms with Gasteiger partial charge in [-0.15, -0.1) is 9.97 Å². The minimum absolute atomic E-state index is 0. The van der Waals surface area contributed by atoms with Crippen LogP contribution in [0.3, 0.4) is 0 Å². The molecule has 0 radical (unpaired) electrons. The molecule has 0 fully saturated rings. The average molecular weight is 636 g/mol.